The lowest BCUT2D eigenvalue weighted by atomic mass is 10.1. The summed E-state index contributed by atoms with van der Waals surface area (Å²) in [6.45, 7) is 6.38. The van der Waals surface area contributed by atoms with Crippen LogP contribution in [0.1, 0.15) is 140 Å². The number of unbranched alkanes of at least 4 members (excludes halogenated alkanes) is 14. The number of anilines is 2. The molecular formula is C61H69N11O4. The number of azo groups is 2. The summed E-state index contributed by atoms with van der Waals surface area (Å²) in [7, 11) is 4.12. The molecule has 0 atom stereocenters. The molecule has 0 amide bonds. The van der Waals surface area contributed by atoms with Gasteiger partial charge in [-0.2, -0.15) is 45.9 Å². The fourth-order valence-electron chi connectivity index (χ4n) is 8.08. The van der Waals surface area contributed by atoms with Gasteiger partial charge in [0, 0.05) is 32.7 Å². The van der Waals surface area contributed by atoms with Gasteiger partial charge in [-0.25, -0.2) is 9.59 Å². The van der Waals surface area contributed by atoms with Crippen LogP contribution >= 0.6 is 0 Å². The Morgan fingerprint density at radius 3 is 1.14 bits per heavy atom. The van der Waals surface area contributed by atoms with Crippen LogP contribution in [0.2, 0.25) is 0 Å². The van der Waals surface area contributed by atoms with Crippen molar-refractivity contribution in [3.63, 3.8) is 0 Å². The summed E-state index contributed by atoms with van der Waals surface area (Å²) in [6, 6.07) is 39.7. The lowest BCUT2D eigenvalue weighted by Gasteiger charge is -2.22. The highest BCUT2D eigenvalue weighted by Gasteiger charge is 2.15. The third kappa shape index (κ3) is 19.8. The van der Waals surface area contributed by atoms with E-state index >= 15 is 0 Å². The number of aromatic nitrogens is 3. The number of rotatable bonds is 32. The van der Waals surface area contributed by atoms with Crippen molar-refractivity contribution in [2.75, 3.05) is 50.2 Å². The molecule has 5 aromatic carbocycles. The van der Waals surface area contributed by atoms with Gasteiger partial charge >= 0.3 is 11.9 Å². The predicted octanol–water partition coefficient (Wildman–Crippen LogP) is 15.6. The van der Waals surface area contributed by atoms with Crippen molar-refractivity contribution >= 4 is 52.7 Å². The van der Waals surface area contributed by atoms with E-state index in [0.717, 1.165) is 114 Å². The summed E-state index contributed by atoms with van der Waals surface area (Å²) in [5.74, 6) is 1.32. The predicted molar refractivity (Wildman–Crippen MR) is 300 cm³/mol. The molecule has 6 aromatic rings. The van der Waals surface area contributed by atoms with Crippen LogP contribution in [-0.4, -0.2) is 67.3 Å². The van der Waals surface area contributed by atoms with Gasteiger partial charge in [0.25, 0.3) is 0 Å². The summed E-state index contributed by atoms with van der Waals surface area (Å²) in [5, 5.41) is 34.7. The van der Waals surface area contributed by atoms with Crippen molar-refractivity contribution < 1.29 is 19.1 Å². The van der Waals surface area contributed by atoms with Crippen LogP contribution in [-0.2, 0) is 9.47 Å². The third-order valence-electron chi connectivity index (χ3n) is 12.7. The number of nitriles is 2. The zero-order valence-electron chi connectivity index (χ0n) is 44.0. The number of ether oxygens (including phenoxy) is 2. The van der Waals surface area contributed by atoms with Crippen LogP contribution in [0, 0.1) is 22.7 Å². The minimum absolute atomic E-state index is 0.341. The highest BCUT2D eigenvalue weighted by Crippen LogP contribution is 2.25. The van der Waals surface area contributed by atoms with E-state index < -0.39 is 0 Å². The van der Waals surface area contributed by atoms with Gasteiger partial charge < -0.3 is 19.3 Å². The first-order valence-corrected chi connectivity index (χ1v) is 26.5. The minimum atomic E-state index is -0.341. The summed E-state index contributed by atoms with van der Waals surface area (Å²) < 4.78 is 11.0. The van der Waals surface area contributed by atoms with Crippen molar-refractivity contribution in [2.24, 2.45) is 20.5 Å². The maximum absolute atomic E-state index is 12.6. The smallest absolute Gasteiger partial charge is 0.338 e. The molecule has 1 aromatic heterocycles. The lowest BCUT2D eigenvalue weighted by Crippen LogP contribution is -2.26. The van der Waals surface area contributed by atoms with Gasteiger partial charge in [0.15, 0.2) is 5.82 Å². The first-order chi connectivity index (χ1) is 37.2. The molecule has 0 N–H and O–H groups in total. The lowest BCUT2D eigenvalue weighted by molar-refractivity contribution is 0.0488. The Morgan fingerprint density at radius 2 is 0.803 bits per heavy atom. The van der Waals surface area contributed by atoms with E-state index in [9.17, 15) is 9.59 Å². The van der Waals surface area contributed by atoms with Crippen molar-refractivity contribution in [1.82, 2.24) is 15.0 Å². The SMILES string of the molecule is C=Cc1ccc(-c2nc(N(C)CCCCCCCCCCOC(=O)c3ccc(N=Nc4ccc(C#N)cc4)cc3)nc(N(C)CCCCCCCCCCOC(=O)c3ccc(N=Nc4ccc(C#N)cc4)cc3)n2)cc1. The molecule has 0 saturated carbocycles. The van der Waals surface area contributed by atoms with Crippen molar-refractivity contribution in [1.29, 1.82) is 10.5 Å². The normalized spacial score (nSPS) is 11.1. The molecule has 1 heterocycles. The van der Waals surface area contributed by atoms with Crippen molar-refractivity contribution in [3.8, 4) is 23.5 Å². The van der Waals surface area contributed by atoms with E-state index in [2.05, 4.69) is 63.1 Å². The summed E-state index contributed by atoms with van der Waals surface area (Å²) in [5.41, 5.74) is 6.59. The molecule has 15 nitrogen and oxygen atoms in total. The Morgan fingerprint density at radius 1 is 0.474 bits per heavy atom. The van der Waals surface area contributed by atoms with Crippen LogP contribution < -0.4 is 9.80 Å². The quantitative estimate of drug-likeness (QED) is 0.0222. The van der Waals surface area contributed by atoms with E-state index in [1.165, 1.54) is 12.8 Å². The maximum atomic E-state index is 12.6. The highest BCUT2D eigenvalue weighted by atomic mass is 16.5. The molecule has 0 unspecified atom stereocenters. The second kappa shape index (κ2) is 32.0. The number of esters is 2. The van der Waals surface area contributed by atoms with E-state index in [4.69, 9.17) is 34.9 Å². The van der Waals surface area contributed by atoms with E-state index in [1.54, 1.807) is 97.1 Å². The molecule has 6 rings (SSSR count). The van der Waals surface area contributed by atoms with Gasteiger partial charge in [0.1, 0.15) is 0 Å². The monoisotopic (exact) mass is 1020 g/mol. The largest absolute Gasteiger partial charge is 0.462 e. The van der Waals surface area contributed by atoms with Gasteiger partial charge in [-0.1, -0.05) is 114 Å². The fraction of sp³-hybridized carbons (Fsp3) is 0.361. The molecule has 0 fully saturated rings. The Hall–Kier alpha value is -8.43. The average Bonchev–Trinajstić information content (AvgIpc) is 3.47. The van der Waals surface area contributed by atoms with Crippen LogP contribution in [0.4, 0.5) is 34.6 Å². The molecule has 0 aliphatic rings. The van der Waals surface area contributed by atoms with Crippen LogP contribution in [0.3, 0.4) is 0 Å². The number of carbonyl (C=O) groups is 2. The van der Waals surface area contributed by atoms with Crippen molar-refractivity contribution in [3.05, 3.63) is 156 Å². The molecule has 76 heavy (non-hydrogen) atoms. The maximum Gasteiger partial charge on any atom is 0.338 e. The zero-order valence-corrected chi connectivity index (χ0v) is 44.0. The molecule has 0 spiro atoms. The second-order valence-corrected chi connectivity index (χ2v) is 18.7. The molecule has 0 radical (unpaired) electrons. The topological polar surface area (TPSA) is 195 Å². The number of carbonyl (C=O) groups excluding carboxylic acids is 2. The number of benzene rings is 5. The summed E-state index contributed by atoms with van der Waals surface area (Å²) in [4.78, 5) is 44.2. The Balaban J connectivity index is 0.812. The fourth-order valence-corrected chi connectivity index (χ4v) is 8.08. The van der Waals surface area contributed by atoms with E-state index in [-0.39, 0.29) is 11.9 Å². The number of hydrogen-bond donors (Lipinski definition) is 0. The van der Waals surface area contributed by atoms with Gasteiger partial charge in [-0.05, 0) is 128 Å². The molecule has 15 heteroatoms. The molecule has 0 saturated heterocycles. The van der Waals surface area contributed by atoms with Gasteiger partial charge in [0.2, 0.25) is 11.9 Å². The van der Waals surface area contributed by atoms with Crippen LogP contribution in [0.15, 0.2) is 148 Å². The number of hydrogen-bond acceptors (Lipinski definition) is 15. The number of nitrogens with zero attached hydrogens (tertiary/aromatic N) is 11. The van der Waals surface area contributed by atoms with Crippen LogP contribution in [0.5, 0.6) is 0 Å². The average molecular weight is 1020 g/mol. The summed E-state index contributed by atoms with van der Waals surface area (Å²) in [6.07, 6.45) is 19.0. The molecule has 0 aliphatic heterocycles. The summed E-state index contributed by atoms with van der Waals surface area (Å²) >= 11 is 0. The standard InChI is InChI=1S/C61H69N11O4/c1-4-47-21-27-50(28-22-47)57-64-60(71(2)41-17-13-9-5-7-11-15-19-43-75-58(73)51-29-37-55(38-30-51)69-67-53-33-23-48(45-62)24-34-53)66-61(65-57)72(3)42-18-14-10-6-8-12-16-20-44-76-59(74)52-31-39-56(40-32-52)70-68-54-35-25-49(46-63)26-36-54/h4,21-40H,1,5-20,41-44H2,2-3H3. The molecular weight excluding hydrogens is 951 g/mol. The van der Waals surface area contributed by atoms with Crippen LogP contribution in [0.25, 0.3) is 17.5 Å². The Labute approximate surface area is 448 Å². The molecule has 392 valence electrons. The molecule has 0 aliphatic carbocycles. The molecule has 0 bridgehead atoms. The zero-order chi connectivity index (χ0) is 53.6. The first-order valence-electron chi connectivity index (χ1n) is 26.5. The van der Waals surface area contributed by atoms with Gasteiger partial charge in [0.05, 0.1) is 70.4 Å². The Bertz CT molecular complexity index is 2710. The van der Waals surface area contributed by atoms with Gasteiger partial charge in [-0.3, -0.25) is 0 Å². The first kappa shape index (κ1) is 56.9. The second-order valence-electron chi connectivity index (χ2n) is 18.7. The Kier molecular flexibility index (Phi) is 23.9. The van der Waals surface area contributed by atoms with E-state index in [0.29, 0.717) is 75.9 Å². The van der Waals surface area contributed by atoms with Crippen molar-refractivity contribution in [2.45, 2.75) is 103 Å². The highest BCUT2D eigenvalue weighted by molar-refractivity contribution is 5.90. The third-order valence-corrected chi connectivity index (χ3v) is 12.7. The van der Waals surface area contributed by atoms with E-state index in [1.807, 2.05) is 30.3 Å². The van der Waals surface area contributed by atoms with Gasteiger partial charge in [-0.15, -0.1) is 0 Å². The minimum Gasteiger partial charge on any atom is -0.462 e.